The van der Waals surface area contributed by atoms with Crippen molar-refractivity contribution in [2.75, 3.05) is 25.9 Å². The maximum atomic E-state index is 13.1. The number of nitrogens with two attached hydrogens (primary N) is 1. The molecule has 168 valence electrons. The van der Waals surface area contributed by atoms with E-state index >= 15 is 0 Å². The van der Waals surface area contributed by atoms with E-state index in [-0.39, 0.29) is 24.3 Å². The van der Waals surface area contributed by atoms with E-state index in [1.54, 1.807) is 20.8 Å². The number of carbonyl (C=O) groups is 4. The fraction of sp³-hybridized carbons (Fsp3) is 0.524. The Kier molecular flexibility index (Phi) is 11.1. The molecule has 1 unspecified atom stereocenters. The smallest absolute Gasteiger partial charge is 0.303 e. The van der Waals surface area contributed by atoms with Gasteiger partial charge in [-0.2, -0.15) is 0 Å². The van der Waals surface area contributed by atoms with Crippen LogP contribution in [0.1, 0.15) is 65.1 Å². The van der Waals surface area contributed by atoms with Crippen LogP contribution in [0, 0.1) is 20.8 Å². The highest BCUT2D eigenvalue weighted by Crippen LogP contribution is 2.31. The van der Waals surface area contributed by atoms with Crippen LogP contribution in [0.3, 0.4) is 0 Å². The van der Waals surface area contributed by atoms with E-state index < -0.39 is 29.2 Å². The summed E-state index contributed by atoms with van der Waals surface area (Å²) in [4.78, 5) is 48.5. The van der Waals surface area contributed by atoms with Crippen LogP contribution in [0.15, 0.2) is 0 Å². The number of ether oxygens (including phenoxy) is 2. The lowest BCUT2D eigenvalue weighted by Gasteiger charge is -2.26. The first-order valence-electron chi connectivity index (χ1n) is 9.53. The van der Waals surface area contributed by atoms with Crippen molar-refractivity contribution in [1.29, 1.82) is 0 Å². The zero-order valence-corrected chi connectivity index (χ0v) is 19.6. The van der Waals surface area contributed by atoms with Gasteiger partial charge in [-0.3, -0.25) is 19.2 Å². The molecule has 0 radical (unpaired) electrons. The lowest BCUT2D eigenvalue weighted by atomic mass is 9.91. The lowest BCUT2D eigenvalue weighted by Crippen LogP contribution is -2.39. The second-order valence-corrected chi connectivity index (χ2v) is 6.88. The molecule has 0 bridgehead atoms. The first-order valence-corrected chi connectivity index (χ1v) is 9.91. The zero-order chi connectivity index (χ0) is 23.8. The van der Waals surface area contributed by atoms with Gasteiger partial charge in [-0.15, -0.1) is 0 Å². The summed E-state index contributed by atoms with van der Waals surface area (Å²) < 4.78 is 10.0. The van der Waals surface area contributed by atoms with E-state index in [1.165, 1.54) is 25.8 Å². The highest BCUT2D eigenvalue weighted by Gasteiger charge is 2.27. The predicted molar refractivity (Wildman–Crippen MR) is 116 cm³/mol. The summed E-state index contributed by atoms with van der Waals surface area (Å²) in [6, 6.07) is 0. The highest BCUT2D eigenvalue weighted by atomic mass is 35.5. The van der Waals surface area contributed by atoms with E-state index in [0.29, 0.717) is 22.4 Å². The topological polar surface area (TPSA) is 116 Å². The summed E-state index contributed by atoms with van der Waals surface area (Å²) >= 11 is 5.68. The predicted octanol–water partition coefficient (Wildman–Crippen LogP) is 3.17. The van der Waals surface area contributed by atoms with Gasteiger partial charge in [0.05, 0.1) is 6.54 Å². The Bertz CT molecular complexity index is 822. The van der Waals surface area contributed by atoms with Crippen molar-refractivity contribution < 1.29 is 28.7 Å². The number of halogens is 1. The average molecular weight is 443 g/mol. The Balaban J connectivity index is 0.00000407. The number of anilines is 1. The van der Waals surface area contributed by atoms with Crippen molar-refractivity contribution in [1.82, 2.24) is 4.90 Å². The molecule has 0 saturated carbocycles. The number of hydrogen-bond donors (Lipinski definition) is 1. The number of benzene rings is 1. The normalized spacial score (nSPS) is 11.0. The van der Waals surface area contributed by atoms with E-state index in [1.807, 2.05) is 13.8 Å². The summed E-state index contributed by atoms with van der Waals surface area (Å²) in [5.41, 5.74) is 8.28. The largest absolute Gasteiger partial charge is 0.462 e. The first kappa shape index (κ1) is 27.4. The number of hydrogen-bond acceptors (Lipinski definition) is 7. The van der Waals surface area contributed by atoms with Crippen LogP contribution in [0.25, 0.3) is 0 Å². The summed E-state index contributed by atoms with van der Waals surface area (Å²) in [7, 11) is 1.50. The summed E-state index contributed by atoms with van der Waals surface area (Å²) in [6.07, 6.45) is -0.840. The molecule has 0 aliphatic rings. The summed E-state index contributed by atoms with van der Waals surface area (Å²) in [6.45, 7) is 11.2. The fourth-order valence-electron chi connectivity index (χ4n) is 3.00. The molecule has 0 spiro atoms. The van der Waals surface area contributed by atoms with Gasteiger partial charge in [-0.05, 0) is 49.1 Å². The SMILES string of the molecule is CC.CC(=O)OCC(CN(C)C(=O)c1c(C)c(N)c(C)c(C(=O)Cl)c1C)OC(C)=O. The van der Waals surface area contributed by atoms with Crippen LogP contribution >= 0.6 is 11.6 Å². The van der Waals surface area contributed by atoms with E-state index in [4.69, 9.17) is 26.8 Å². The third kappa shape index (κ3) is 7.02. The number of carbonyl (C=O) groups excluding carboxylic acids is 4. The number of likely N-dealkylation sites (N-methyl/N-ethyl adjacent to an activating group) is 1. The Morgan fingerprint density at radius 3 is 1.90 bits per heavy atom. The van der Waals surface area contributed by atoms with Gasteiger partial charge in [0.2, 0.25) is 0 Å². The number of nitrogen functional groups attached to an aromatic ring is 1. The van der Waals surface area contributed by atoms with E-state index in [0.717, 1.165) is 0 Å². The van der Waals surface area contributed by atoms with Crippen LogP contribution in [0.2, 0.25) is 0 Å². The molecule has 0 aliphatic carbocycles. The molecule has 0 aromatic heterocycles. The number of nitrogens with zero attached hydrogens (tertiary/aromatic N) is 1. The molecule has 1 aromatic carbocycles. The average Bonchev–Trinajstić information content (AvgIpc) is 2.65. The van der Waals surface area contributed by atoms with E-state index in [9.17, 15) is 19.2 Å². The molecule has 0 heterocycles. The minimum atomic E-state index is -0.840. The maximum absolute atomic E-state index is 13.1. The maximum Gasteiger partial charge on any atom is 0.303 e. The summed E-state index contributed by atoms with van der Waals surface area (Å²) in [5.74, 6) is -1.53. The molecule has 0 aliphatic heterocycles. The number of esters is 2. The van der Waals surface area contributed by atoms with Gasteiger partial charge < -0.3 is 20.1 Å². The molecule has 9 heteroatoms. The lowest BCUT2D eigenvalue weighted by molar-refractivity contribution is -0.156. The number of rotatable bonds is 7. The van der Waals surface area contributed by atoms with Crippen molar-refractivity contribution >= 4 is 40.4 Å². The second kappa shape index (κ2) is 12.2. The van der Waals surface area contributed by atoms with Crippen molar-refractivity contribution in [3.63, 3.8) is 0 Å². The summed E-state index contributed by atoms with van der Waals surface area (Å²) in [5, 5.41) is -0.703. The van der Waals surface area contributed by atoms with Crippen LogP contribution in [0.5, 0.6) is 0 Å². The third-order valence-corrected chi connectivity index (χ3v) is 4.54. The van der Waals surface area contributed by atoms with Crippen LogP contribution < -0.4 is 5.73 Å². The van der Waals surface area contributed by atoms with E-state index in [2.05, 4.69) is 0 Å². The minimum absolute atomic E-state index is 0.0253. The van der Waals surface area contributed by atoms with Crippen molar-refractivity contribution in [2.45, 2.75) is 54.6 Å². The molecule has 2 N–H and O–H groups in total. The molecule has 8 nitrogen and oxygen atoms in total. The molecular formula is C21H31ClN2O6. The van der Waals surface area contributed by atoms with Gasteiger partial charge in [0.15, 0.2) is 6.10 Å². The van der Waals surface area contributed by atoms with Gasteiger partial charge in [-0.1, -0.05) is 13.8 Å². The quantitative estimate of drug-likeness (QED) is 0.391. The molecule has 1 aromatic rings. The van der Waals surface area contributed by atoms with Crippen LogP contribution in [-0.4, -0.2) is 54.3 Å². The fourth-order valence-corrected chi connectivity index (χ4v) is 3.29. The van der Waals surface area contributed by atoms with Gasteiger partial charge in [0.1, 0.15) is 6.61 Å². The molecule has 1 atom stereocenters. The minimum Gasteiger partial charge on any atom is -0.462 e. The Morgan fingerprint density at radius 1 is 0.967 bits per heavy atom. The molecular weight excluding hydrogens is 412 g/mol. The number of amides is 1. The van der Waals surface area contributed by atoms with Crippen molar-refractivity contribution in [3.05, 3.63) is 27.8 Å². The van der Waals surface area contributed by atoms with Crippen LogP contribution in [0.4, 0.5) is 5.69 Å². The highest BCUT2D eigenvalue weighted by molar-refractivity contribution is 6.68. The molecule has 1 amide bonds. The molecule has 30 heavy (non-hydrogen) atoms. The monoisotopic (exact) mass is 442 g/mol. The molecule has 0 fully saturated rings. The Hall–Kier alpha value is -2.61. The van der Waals surface area contributed by atoms with Gasteiger partial charge >= 0.3 is 11.9 Å². The molecule has 0 saturated heterocycles. The van der Waals surface area contributed by atoms with Crippen LogP contribution in [-0.2, 0) is 19.1 Å². The van der Waals surface area contributed by atoms with Gasteiger partial charge in [0.25, 0.3) is 11.1 Å². The second-order valence-electron chi connectivity index (χ2n) is 6.53. The van der Waals surface area contributed by atoms with Crippen molar-refractivity contribution in [3.8, 4) is 0 Å². The van der Waals surface area contributed by atoms with Crippen molar-refractivity contribution in [2.24, 2.45) is 0 Å². The standard InChI is InChI=1S/C19H25ClN2O6.C2H6/c1-9-15(18(20)25)10(2)17(21)11(3)16(9)19(26)22(6)7-14(28-13(5)24)8-27-12(4)23;1-2/h14H,7-8,21H2,1-6H3;1-2H3. The van der Waals surface area contributed by atoms with Gasteiger partial charge in [-0.25, -0.2) is 0 Å². The zero-order valence-electron chi connectivity index (χ0n) is 18.8. The first-order chi connectivity index (χ1) is 13.9. The Labute approximate surface area is 182 Å². The Morgan fingerprint density at radius 2 is 1.47 bits per heavy atom. The molecule has 1 rings (SSSR count). The third-order valence-electron chi connectivity index (χ3n) is 4.35. The van der Waals surface area contributed by atoms with Gasteiger partial charge in [0, 0.05) is 37.7 Å².